The molecule has 94 valence electrons. The lowest BCUT2D eigenvalue weighted by molar-refractivity contribution is 0.244. The number of nitrogens with one attached hydrogen (secondary N) is 1. The van der Waals surface area contributed by atoms with Crippen molar-refractivity contribution in [2.24, 2.45) is 5.41 Å². The molecule has 0 radical (unpaired) electrons. The van der Waals surface area contributed by atoms with Crippen LogP contribution in [0.25, 0.3) is 0 Å². The molecule has 0 aromatic heterocycles. The lowest BCUT2D eigenvalue weighted by Crippen LogP contribution is -2.45. The molecule has 0 aliphatic rings. The number of hydrogen-bond acceptors (Lipinski definition) is 3. The Balaban J connectivity index is 0. The first-order valence-corrected chi connectivity index (χ1v) is 7.10. The average molecular weight is 234 g/mol. The van der Waals surface area contributed by atoms with Crippen molar-refractivity contribution in [1.29, 1.82) is 0 Å². The van der Waals surface area contributed by atoms with E-state index < -0.39 is 0 Å². The molecule has 1 N–H and O–H groups in total. The Kier molecular flexibility index (Phi) is 11.2. The van der Waals surface area contributed by atoms with E-state index in [0.29, 0.717) is 11.5 Å². The summed E-state index contributed by atoms with van der Waals surface area (Å²) in [6.45, 7) is 15.3. The van der Waals surface area contributed by atoms with Gasteiger partial charge in [-0.25, -0.2) is 4.31 Å². The van der Waals surface area contributed by atoms with Crippen molar-refractivity contribution >= 4 is 11.9 Å². The van der Waals surface area contributed by atoms with E-state index in [0.717, 1.165) is 13.1 Å². The van der Waals surface area contributed by atoms with Gasteiger partial charge < -0.3 is 5.32 Å². The quantitative estimate of drug-likeness (QED) is 0.735. The first-order chi connectivity index (χ1) is 6.95. The summed E-state index contributed by atoms with van der Waals surface area (Å²) in [4.78, 5) is 0. The number of rotatable bonds is 5. The lowest BCUT2D eigenvalue weighted by Gasteiger charge is -2.33. The van der Waals surface area contributed by atoms with E-state index in [1.165, 1.54) is 0 Å². The molecule has 3 heteroatoms. The Bertz CT molecular complexity index is 128. The van der Waals surface area contributed by atoms with E-state index in [9.17, 15) is 0 Å². The zero-order chi connectivity index (χ0) is 12.5. The van der Waals surface area contributed by atoms with Crippen molar-refractivity contribution < 1.29 is 0 Å². The molecule has 0 fully saturated rings. The molecular weight excluding hydrogens is 204 g/mol. The predicted octanol–water partition coefficient (Wildman–Crippen LogP) is 3.25. The molecule has 0 aliphatic carbocycles. The zero-order valence-electron chi connectivity index (χ0n) is 11.8. The molecule has 0 rings (SSSR count). The van der Waals surface area contributed by atoms with Crippen molar-refractivity contribution in [3.63, 3.8) is 0 Å². The lowest BCUT2D eigenvalue weighted by atomic mass is 9.87. The largest absolute Gasteiger partial charge is 0.315 e. The van der Waals surface area contributed by atoms with Gasteiger partial charge in [0.1, 0.15) is 0 Å². The van der Waals surface area contributed by atoms with E-state index in [2.05, 4.69) is 43.6 Å². The van der Waals surface area contributed by atoms with E-state index in [4.69, 9.17) is 0 Å². The monoisotopic (exact) mass is 234 g/mol. The predicted molar refractivity (Wildman–Crippen MR) is 74.4 cm³/mol. The summed E-state index contributed by atoms with van der Waals surface area (Å²) in [5.74, 6) is 0. The molecule has 0 aliphatic heterocycles. The summed E-state index contributed by atoms with van der Waals surface area (Å²) in [7, 11) is 2.05. The van der Waals surface area contributed by atoms with Gasteiger partial charge in [-0.3, -0.25) is 0 Å². The SMILES string of the molecule is CC.CCN(CC(NC)C(C)(C)C)SC. The van der Waals surface area contributed by atoms with Gasteiger partial charge in [0.15, 0.2) is 0 Å². The Hall–Kier alpha value is 0.270. The van der Waals surface area contributed by atoms with Crippen molar-refractivity contribution in [2.75, 3.05) is 26.4 Å². The third-order valence-electron chi connectivity index (χ3n) is 2.39. The fourth-order valence-corrected chi connectivity index (χ4v) is 1.89. The van der Waals surface area contributed by atoms with Gasteiger partial charge in [0.25, 0.3) is 0 Å². The molecule has 2 nitrogen and oxygen atoms in total. The van der Waals surface area contributed by atoms with Crippen LogP contribution in [0.15, 0.2) is 0 Å². The van der Waals surface area contributed by atoms with E-state index in [-0.39, 0.29) is 0 Å². The Morgan fingerprint density at radius 3 is 1.93 bits per heavy atom. The van der Waals surface area contributed by atoms with Crippen LogP contribution >= 0.6 is 11.9 Å². The van der Waals surface area contributed by atoms with Crippen LogP contribution in [-0.4, -0.2) is 36.7 Å². The molecular formula is C12H30N2S. The van der Waals surface area contributed by atoms with Crippen molar-refractivity contribution in [3.05, 3.63) is 0 Å². The summed E-state index contributed by atoms with van der Waals surface area (Å²) in [6.07, 6.45) is 2.14. The first kappa shape index (κ1) is 17.7. The van der Waals surface area contributed by atoms with Gasteiger partial charge in [-0.2, -0.15) is 0 Å². The molecule has 0 saturated heterocycles. The van der Waals surface area contributed by atoms with Crippen LogP contribution in [-0.2, 0) is 0 Å². The van der Waals surface area contributed by atoms with Gasteiger partial charge in [0.05, 0.1) is 0 Å². The molecule has 0 saturated carbocycles. The highest BCUT2D eigenvalue weighted by molar-refractivity contribution is 7.96. The third kappa shape index (κ3) is 8.12. The van der Waals surface area contributed by atoms with Crippen LogP contribution in [0.1, 0.15) is 41.5 Å². The molecule has 1 unspecified atom stereocenters. The maximum Gasteiger partial charge on any atom is 0.0249 e. The highest BCUT2D eigenvalue weighted by Gasteiger charge is 2.24. The highest BCUT2D eigenvalue weighted by Crippen LogP contribution is 2.21. The molecule has 0 heterocycles. The van der Waals surface area contributed by atoms with Gasteiger partial charge in [-0.05, 0) is 18.7 Å². The molecule has 0 bridgehead atoms. The summed E-state index contributed by atoms with van der Waals surface area (Å²) >= 11 is 1.82. The topological polar surface area (TPSA) is 15.3 Å². The molecule has 0 spiro atoms. The van der Waals surface area contributed by atoms with Crippen LogP contribution in [0.4, 0.5) is 0 Å². The van der Waals surface area contributed by atoms with E-state index >= 15 is 0 Å². The van der Waals surface area contributed by atoms with Crippen LogP contribution in [0.2, 0.25) is 0 Å². The Labute approximate surface area is 101 Å². The smallest absolute Gasteiger partial charge is 0.0249 e. The second kappa shape index (κ2) is 9.49. The van der Waals surface area contributed by atoms with Crippen LogP contribution in [0, 0.1) is 5.41 Å². The number of hydrogen-bond donors (Lipinski definition) is 1. The summed E-state index contributed by atoms with van der Waals surface area (Å²) in [5, 5.41) is 3.39. The van der Waals surface area contributed by atoms with Gasteiger partial charge in [-0.15, -0.1) is 0 Å². The Morgan fingerprint density at radius 1 is 1.27 bits per heavy atom. The van der Waals surface area contributed by atoms with Gasteiger partial charge in [0.2, 0.25) is 0 Å². The van der Waals surface area contributed by atoms with Gasteiger partial charge in [0, 0.05) is 19.1 Å². The first-order valence-electron chi connectivity index (χ1n) is 5.92. The standard InChI is InChI=1S/C10H24N2S.C2H6/c1-7-12(13-6)8-9(11-5)10(2,3)4;1-2/h9,11H,7-8H2,1-6H3;1-2H3. The number of nitrogens with zero attached hydrogens (tertiary/aromatic N) is 1. The van der Waals surface area contributed by atoms with Crippen LogP contribution in [0.5, 0.6) is 0 Å². The number of likely N-dealkylation sites (N-methyl/N-ethyl adjacent to an activating group) is 2. The molecule has 0 amide bonds. The van der Waals surface area contributed by atoms with Crippen LogP contribution < -0.4 is 5.32 Å². The second-order valence-electron chi connectivity index (χ2n) is 4.37. The highest BCUT2D eigenvalue weighted by atomic mass is 32.2. The van der Waals surface area contributed by atoms with Crippen molar-refractivity contribution in [3.8, 4) is 0 Å². The maximum absolute atomic E-state index is 3.39. The minimum atomic E-state index is 0.331. The molecule has 1 atom stereocenters. The van der Waals surface area contributed by atoms with Crippen molar-refractivity contribution in [1.82, 2.24) is 9.62 Å². The summed E-state index contributed by atoms with van der Waals surface area (Å²) in [5.41, 5.74) is 0.331. The summed E-state index contributed by atoms with van der Waals surface area (Å²) in [6, 6.07) is 0.555. The normalized spacial score (nSPS) is 13.4. The molecule has 0 aromatic rings. The van der Waals surface area contributed by atoms with Gasteiger partial charge in [-0.1, -0.05) is 53.5 Å². The fourth-order valence-electron chi connectivity index (χ4n) is 1.33. The van der Waals surface area contributed by atoms with Crippen molar-refractivity contribution in [2.45, 2.75) is 47.6 Å². The maximum atomic E-state index is 3.39. The van der Waals surface area contributed by atoms with E-state index in [1.54, 1.807) is 0 Å². The Morgan fingerprint density at radius 2 is 1.73 bits per heavy atom. The molecule has 15 heavy (non-hydrogen) atoms. The second-order valence-corrected chi connectivity index (χ2v) is 5.25. The molecule has 0 aromatic carbocycles. The minimum Gasteiger partial charge on any atom is -0.315 e. The fraction of sp³-hybridized carbons (Fsp3) is 1.00. The zero-order valence-corrected chi connectivity index (χ0v) is 12.7. The van der Waals surface area contributed by atoms with Gasteiger partial charge >= 0.3 is 0 Å². The summed E-state index contributed by atoms with van der Waals surface area (Å²) < 4.78 is 2.38. The third-order valence-corrected chi connectivity index (χ3v) is 3.31. The minimum absolute atomic E-state index is 0.331. The van der Waals surface area contributed by atoms with E-state index in [1.807, 2.05) is 32.8 Å². The van der Waals surface area contributed by atoms with Crippen LogP contribution in [0.3, 0.4) is 0 Å². The average Bonchev–Trinajstić information content (AvgIpc) is 2.21.